The zero-order chi connectivity index (χ0) is 14.2. The quantitative estimate of drug-likeness (QED) is 0.861. The van der Waals surface area contributed by atoms with Crippen molar-refractivity contribution in [2.45, 2.75) is 39.3 Å². The molecule has 5 nitrogen and oxygen atoms in total. The highest BCUT2D eigenvalue weighted by Gasteiger charge is 2.48. The van der Waals surface area contributed by atoms with Crippen LogP contribution >= 0.6 is 11.3 Å². The Balaban J connectivity index is 2.07. The van der Waals surface area contributed by atoms with E-state index in [1.807, 2.05) is 6.92 Å². The molecule has 1 saturated carbocycles. The summed E-state index contributed by atoms with van der Waals surface area (Å²) < 4.78 is 10.2. The summed E-state index contributed by atoms with van der Waals surface area (Å²) in [4.78, 5) is 16.5. The van der Waals surface area contributed by atoms with Gasteiger partial charge in [-0.2, -0.15) is 0 Å². The fourth-order valence-corrected chi connectivity index (χ4v) is 3.36. The Morgan fingerprint density at radius 1 is 1.47 bits per heavy atom. The number of esters is 1. The highest BCUT2D eigenvalue weighted by Crippen LogP contribution is 2.44. The van der Waals surface area contributed by atoms with Gasteiger partial charge in [0.25, 0.3) is 0 Å². The number of hydrogen-bond donors (Lipinski definition) is 1. The van der Waals surface area contributed by atoms with E-state index in [1.54, 1.807) is 7.11 Å². The summed E-state index contributed by atoms with van der Waals surface area (Å²) in [5, 5.41) is 4.16. The lowest BCUT2D eigenvalue weighted by molar-refractivity contribution is -0.0794. The van der Waals surface area contributed by atoms with Crippen molar-refractivity contribution in [3.63, 3.8) is 0 Å². The van der Waals surface area contributed by atoms with Crippen LogP contribution in [-0.4, -0.2) is 37.3 Å². The van der Waals surface area contributed by atoms with Gasteiger partial charge in [-0.25, -0.2) is 9.78 Å². The van der Waals surface area contributed by atoms with Gasteiger partial charge in [-0.3, -0.25) is 0 Å². The van der Waals surface area contributed by atoms with Crippen LogP contribution in [0.3, 0.4) is 0 Å². The van der Waals surface area contributed by atoms with Crippen molar-refractivity contribution in [2.24, 2.45) is 5.41 Å². The third kappa shape index (κ3) is 2.47. The molecule has 2 rings (SSSR count). The van der Waals surface area contributed by atoms with Crippen LogP contribution in [0.1, 0.15) is 35.6 Å². The Bertz CT molecular complexity index is 484. The highest BCUT2D eigenvalue weighted by atomic mass is 32.1. The molecule has 1 N–H and O–H groups in total. The molecule has 0 aromatic carbocycles. The summed E-state index contributed by atoms with van der Waals surface area (Å²) in [7, 11) is 3.12. The van der Waals surface area contributed by atoms with E-state index >= 15 is 0 Å². The lowest BCUT2D eigenvalue weighted by Crippen LogP contribution is -2.57. The van der Waals surface area contributed by atoms with Gasteiger partial charge in [0, 0.05) is 18.6 Å². The molecule has 6 heteroatoms. The minimum Gasteiger partial charge on any atom is -0.465 e. The van der Waals surface area contributed by atoms with Gasteiger partial charge in [0.2, 0.25) is 0 Å². The van der Waals surface area contributed by atoms with E-state index in [0.717, 1.165) is 11.6 Å². The Labute approximate surface area is 117 Å². The van der Waals surface area contributed by atoms with Crippen molar-refractivity contribution in [1.29, 1.82) is 0 Å². The van der Waals surface area contributed by atoms with Crippen LogP contribution < -0.4 is 5.32 Å². The number of aromatic nitrogens is 1. The minimum absolute atomic E-state index is 0.0692. The number of ether oxygens (including phenoxy) is 2. The number of nitrogens with one attached hydrogen (secondary N) is 1. The molecule has 0 amide bonds. The molecule has 0 bridgehead atoms. The van der Waals surface area contributed by atoms with Gasteiger partial charge in [-0.05, 0) is 13.3 Å². The third-order valence-electron chi connectivity index (χ3n) is 3.93. The number of anilines is 1. The maximum Gasteiger partial charge on any atom is 0.350 e. The monoisotopic (exact) mass is 284 g/mol. The minimum atomic E-state index is -0.328. The average molecular weight is 284 g/mol. The standard InChI is InChI=1S/C13H20N2O3S/c1-7-10(11(16)18-5)19-12(14-7)15-8-6-9(17-4)13(8,2)3/h8-9H,6H2,1-5H3,(H,14,15). The third-order valence-corrected chi connectivity index (χ3v) is 5.00. The van der Waals surface area contributed by atoms with Gasteiger partial charge in [0.1, 0.15) is 4.88 Å². The van der Waals surface area contributed by atoms with Crippen LogP contribution in [0.5, 0.6) is 0 Å². The Morgan fingerprint density at radius 2 is 2.16 bits per heavy atom. The SMILES string of the molecule is COC(=O)c1sc(NC2CC(OC)C2(C)C)nc1C. The highest BCUT2D eigenvalue weighted by molar-refractivity contribution is 7.17. The van der Waals surface area contributed by atoms with Gasteiger partial charge < -0.3 is 14.8 Å². The van der Waals surface area contributed by atoms with E-state index in [9.17, 15) is 4.79 Å². The average Bonchev–Trinajstić information content (AvgIpc) is 2.74. The maximum absolute atomic E-state index is 11.5. The van der Waals surface area contributed by atoms with Gasteiger partial charge in [-0.15, -0.1) is 0 Å². The zero-order valence-electron chi connectivity index (χ0n) is 11.9. The first kappa shape index (κ1) is 14.3. The first-order chi connectivity index (χ1) is 8.90. The van der Waals surface area contributed by atoms with E-state index in [2.05, 4.69) is 24.1 Å². The number of carbonyl (C=O) groups is 1. The first-order valence-corrected chi connectivity index (χ1v) is 7.06. The predicted molar refractivity (Wildman–Crippen MR) is 74.8 cm³/mol. The molecule has 1 aliphatic rings. The Hall–Kier alpha value is -1.14. The van der Waals surface area contributed by atoms with E-state index < -0.39 is 0 Å². The number of hydrogen-bond acceptors (Lipinski definition) is 6. The van der Waals surface area contributed by atoms with Crippen LogP contribution in [0.2, 0.25) is 0 Å². The van der Waals surface area contributed by atoms with E-state index in [-0.39, 0.29) is 17.5 Å². The second kappa shape index (κ2) is 5.09. The van der Waals surface area contributed by atoms with Gasteiger partial charge in [0.15, 0.2) is 5.13 Å². The molecule has 0 radical (unpaired) electrons. The lowest BCUT2D eigenvalue weighted by atomic mass is 9.64. The van der Waals surface area contributed by atoms with Crippen molar-refractivity contribution in [1.82, 2.24) is 4.98 Å². The summed E-state index contributed by atoms with van der Waals surface area (Å²) in [6.07, 6.45) is 1.22. The molecule has 1 aliphatic carbocycles. The molecule has 0 spiro atoms. The molecule has 1 aromatic rings. The number of rotatable bonds is 4. The zero-order valence-corrected chi connectivity index (χ0v) is 12.8. The molecule has 2 atom stereocenters. The summed E-state index contributed by atoms with van der Waals surface area (Å²) in [6, 6.07) is 0.313. The van der Waals surface area contributed by atoms with Gasteiger partial charge >= 0.3 is 5.97 Å². The summed E-state index contributed by atoms with van der Waals surface area (Å²) >= 11 is 1.34. The number of thiazole rings is 1. The largest absolute Gasteiger partial charge is 0.465 e. The molecule has 19 heavy (non-hydrogen) atoms. The van der Waals surface area contributed by atoms with Crippen LogP contribution in [0.25, 0.3) is 0 Å². The molecule has 0 aliphatic heterocycles. The molecular formula is C13H20N2O3S. The molecule has 2 unspecified atom stereocenters. The summed E-state index contributed by atoms with van der Waals surface area (Å²) in [6.45, 7) is 6.16. The number of methoxy groups -OCH3 is 2. The van der Waals surface area contributed by atoms with Crippen molar-refractivity contribution in [3.05, 3.63) is 10.6 Å². The fourth-order valence-electron chi connectivity index (χ4n) is 2.42. The number of aryl methyl sites for hydroxylation is 1. The molecule has 1 aromatic heterocycles. The maximum atomic E-state index is 11.5. The van der Waals surface area contributed by atoms with Crippen molar-refractivity contribution in [2.75, 3.05) is 19.5 Å². The smallest absolute Gasteiger partial charge is 0.350 e. The van der Waals surface area contributed by atoms with E-state index in [0.29, 0.717) is 16.6 Å². The molecule has 1 fully saturated rings. The summed E-state index contributed by atoms with van der Waals surface area (Å²) in [5.41, 5.74) is 0.777. The van der Waals surface area contributed by atoms with Crippen LogP contribution in [0.4, 0.5) is 5.13 Å². The number of nitrogens with zero attached hydrogens (tertiary/aromatic N) is 1. The van der Waals surface area contributed by atoms with Crippen LogP contribution in [0.15, 0.2) is 0 Å². The Kier molecular flexibility index (Phi) is 3.82. The second-order valence-electron chi connectivity index (χ2n) is 5.40. The van der Waals surface area contributed by atoms with E-state index in [4.69, 9.17) is 9.47 Å². The van der Waals surface area contributed by atoms with Crippen molar-refractivity contribution < 1.29 is 14.3 Å². The summed E-state index contributed by atoms with van der Waals surface area (Å²) in [5.74, 6) is -0.328. The van der Waals surface area contributed by atoms with Gasteiger partial charge in [0.05, 0.1) is 18.9 Å². The van der Waals surface area contributed by atoms with Gasteiger partial charge in [-0.1, -0.05) is 25.2 Å². The predicted octanol–water partition coefficient (Wildman–Crippen LogP) is 2.46. The van der Waals surface area contributed by atoms with Crippen molar-refractivity contribution >= 4 is 22.4 Å². The molecule has 1 heterocycles. The Morgan fingerprint density at radius 3 is 2.68 bits per heavy atom. The molecule has 106 valence electrons. The molecule has 0 saturated heterocycles. The lowest BCUT2D eigenvalue weighted by Gasteiger charge is -2.51. The normalized spacial score (nSPS) is 24.7. The van der Waals surface area contributed by atoms with Crippen molar-refractivity contribution in [3.8, 4) is 0 Å². The topological polar surface area (TPSA) is 60.5 Å². The van der Waals surface area contributed by atoms with Crippen LogP contribution in [-0.2, 0) is 9.47 Å². The number of carbonyl (C=O) groups excluding carboxylic acids is 1. The van der Waals surface area contributed by atoms with E-state index in [1.165, 1.54) is 18.4 Å². The first-order valence-electron chi connectivity index (χ1n) is 6.25. The second-order valence-corrected chi connectivity index (χ2v) is 6.40. The van der Waals surface area contributed by atoms with Crippen LogP contribution in [0, 0.1) is 12.3 Å². The molecular weight excluding hydrogens is 264 g/mol. The fraction of sp³-hybridized carbons (Fsp3) is 0.692.